The summed E-state index contributed by atoms with van der Waals surface area (Å²) in [4.78, 5) is 43.4. The predicted molar refractivity (Wildman–Crippen MR) is 116 cm³/mol. The van der Waals surface area contributed by atoms with Crippen molar-refractivity contribution in [1.29, 1.82) is 0 Å². The Bertz CT molecular complexity index is 1000. The molecule has 0 aliphatic heterocycles. The van der Waals surface area contributed by atoms with Crippen molar-refractivity contribution in [2.75, 3.05) is 16.6 Å². The second kappa shape index (κ2) is 10.0. The maximum atomic E-state index is 12.7. The quantitative estimate of drug-likeness (QED) is 0.231. The molecule has 1 aromatic carbocycles. The Morgan fingerprint density at radius 1 is 1.06 bits per heavy atom. The summed E-state index contributed by atoms with van der Waals surface area (Å²) in [5.74, 6) is 9.61. The van der Waals surface area contributed by atoms with Crippen molar-refractivity contribution < 1.29 is 14.4 Å². The van der Waals surface area contributed by atoms with E-state index in [1.54, 1.807) is 0 Å². The lowest BCUT2D eigenvalue weighted by Crippen LogP contribution is -2.46. The van der Waals surface area contributed by atoms with Gasteiger partial charge in [-0.1, -0.05) is 42.8 Å². The molecule has 0 saturated heterocycles. The van der Waals surface area contributed by atoms with Crippen LogP contribution in [0.1, 0.15) is 28.5 Å². The Balaban J connectivity index is 2.25. The summed E-state index contributed by atoms with van der Waals surface area (Å²) < 4.78 is 0. The van der Waals surface area contributed by atoms with Crippen LogP contribution in [-0.2, 0) is 6.42 Å². The molecule has 1 atom stereocenters. The van der Waals surface area contributed by atoms with Crippen LogP contribution < -0.4 is 38.5 Å². The topological polar surface area (TPSA) is 200 Å². The third-order valence-corrected chi connectivity index (χ3v) is 4.66. The van der Waals surface area contributed by atoms with Crippen LogP contribution in [0.15, 0.2) is 24.3 Å². The van der Waals surface area contributed by atoms with Crippen molar-refractivity contribution in [3.8, 4) is 0 Å². The molecule has 0 aliphatic rings. The number of anilines is 2. The number of hydrazine groups is 2. The SMILES string of the molecule is Cc1ccccc1C[C@H](C)CNC(=O)c1nc(Cl)c(N(N)C(N)=O)nc1N(N)C(N)=O. The van der Waals surface area contributed by atoms with Crippen LogP contribution in [0, 0.1) is 12.8 Å². The maximum Gasteiger partial charge on any atom is 0.335 e. The average Bonchev–Trinajstić information content (AvgIpc) is 2.72. The molecule has 31 heavy (non-hydrogen) atoms. The Morgan fingerprint density at radius 3 is 2.23 bits per heavy atom. The third kappa shape index (κ3) is 5.78. The summed E-state index contributed by atoms with van der Waals surface area (Å²) >= 11 is 6.00. The lowest BCUT2D eigenvalue weighted by molar-refractivity contribution is 0.0943. The fourth-order valence-electron chi connectivity index (χ4n) is 2.72. The van der Waals surface area contributed by atoms with Gasteiger partial charge in [0.25, 0.3) is 5.91 Å². The standard InChI is InChI=1S/C18H24ClN9O3/c1-9(7-11-6-4-3-5-10(11)2)8-24-16(29)12-14(27(22)17(20)30)26-15(13(19)25-12)28(23)18(21)31/h3-6,9H,7-8,22-23H2,1-2H3,(H2,20,30)(H2,21,31)(H,24,29)/t9-/m0/s1. The molecule has 0 unspecified atom stereocenters. The third-order valence-electron chi connectivity index (χ3n) is 4.41. The number of rotatable bonds is 7. The number of carbonyl (C=O) groups excluding carboxylic acids is 3. The van der Waals surface area contributed by atoms with E-state index in [1.807, 2.05) is 38.1 Å². The van der Waals surface area contributed by atoms with Gasteiger partial charge in [-0.3, -0.25) is 4.79 Å². The fraction of sp³-hybridized carbons (Fsp3) is 0.278. The van der Waals surface area contributed by atoms with Gasteiger partial charge >= 0.3 is 12.1 Å². The number of urea groups is 2. The summed E-state index contributed by atoms with van der Waals surface area (Å²) in [6.07, 6.45) is 0.732. The molecule has 0 spiro atoms. The van der Waals surface area contributed by atoms with Gasteiger partial charge in [-0.05, 0) is 30.4 Å². The van der Waals surface area contributed by atoms with Gasteiger partial charge in [0.15, 0.2) is 22.5 Å². The van der Waals surface area contributed by atoms with E-state index in [9.17, 15) is 14.4 Å². The van der Waals surface area contributed by atoms with Crippen LogP contribution >= 0.6 is 11.6 Å². The zero-order valence-electron chi connectivity index (χ0n) is 17.0. The van der Waals surface area contributed by atoms with Crippen LogP contribution in [-0.4, -0.2) is 34.5 Å². The summed E-state index contributed by atoms with van der Waals surface area (Å²) in [6.45, 7) is 4.27. The van der Waals surface area contributed by atoms with E-state index in [2.05, 4.69) is 15.3 Å². The van der Waals surface area contributed by atoms with Crippen molar-refractivity contribution in [3.05, 3.63) is 46.2 Å². The highest BCUT2D eigenvalue weighted by Crippen LogP contribution is 2.25. The van der Waals surface area contributed by atoms with Crippen molar-refractivity contribution in [2.24, 2.45) is 29.1 Å². The zero-order chi connectivity index (χ0) is 23.3. The molecular formula is C18H24ClN9O3. The van der Waals surface area contributed by atoms with E-state index in [0.717, 1.165) is 17.5 Å². The largest absolute Gasteiger partial charge is 0.350 e. The van der Waals surface area contributed by atoms with Crippen LogP contribution in [0.3, 0.4) is 0 Å². The molecule has 0 saturated carbocycles. The van der Waals surface area contributed by atoms with Gasteiger partial charge in [-0.2, -0.15) is 0 Å². The molecule has 1 heterocycles. The Morgan fingerprint density at radius 2 is 1.65 bits per heavy atom. The molecule has 9 N–H and O–H groups in total. The number of halogens is 1. The van der Waals surface area contributed by atoms with E-state index in [-0.39, 0.29) is 11.6 Å². The number of carbonyl (C=O) groups is 3. The Labute approximate surface area is 183 Å². The van der Waals surface area contributed by atoms with Gasteiger partial charge < -0.3 is 16.8 Å². The van der Waals surface area contributed by atoms with Crippen molar-refractivity contribution in [3.63, 3.8) is 0 Å². The lowest BCUT2D eigenvalue weighted by Gasteiger charge is -2.20. The fourth-order valence-corrected chi connectivity index (χ4v) is 2.94. The normalized spacial score (nSPS) is 11.5. The summed E-state index contributed by atoms with van der Waals surface area (Å²) in [6, 6.07) is 5.70. The van der Waals surface area contributed by atoms with E-state index in [4.69, 9.17) is 34.8 Å². The minimum absolute atomic E-state index is 0.0794. The number of aromatic nitrogens is 2. The maximum absolute atomic E-state index is 12.7. The number of amides is 5. The average molecular weight is 450 g/mol. The van der Waals surface area contributed by atoms with Crippen LogP contribution in [0.5, 0.6) is 0 Å². The molecule has 2 rings (SSSR count). The monoisotopic (exact) mass is 449 g/mol. The van der Waals surface area contributed by atoms with E-state index in [1.165, 1.54) is 0 Å². The summed E-state index contributed by atoms with van der Waals surface area (Å²) in [5.41, 5.74) is 12.2. The first kappa shape index (κ1) is 23.8. The number of primary amides is 2. The molecule has 2 aromatic rings. The van der Waals surface area contributed by atoms with Crippen LogP contribution in [0.4, 0.5) is 21.2 Å². The number of aryl methyl sites for hydroxylation is 1. The molecule has 1 aromatic heterocycles. The first-order valence-electron chi connectivity index (χ1n) is 9.11. The number of nitrogens with zero attached hydrogens (tertiary/aromatic N) is 4. The second-order valence-electron chi connectivity index (χ2n) is 6.87. The summed E-state index contributed by atoms with van der Waals surface area (Å²) in [7, 11) is 0. The van der Waals surface area contributed by atoms with Gasteiger partial charge in [0.1, 0.15) is 0 Å². The van der Waals surface area contributed by atoms with Crippen LogP contribution in [0.25, 0.3) is 0 Å². The van der Waals surface area contributed by atoms with Gasteiger partial charge in [0, 0.05) is 6.54 Å². The van der Waals surface area contributed by atoms with Crippen molar-refractivity contribution >= 4 is 41.2 Å². The highest BCUT2D eigenvalue weighted by Gasteiger charge is 2.27. The van der Waals surface area contributed by atoms with Crippen LogP contribution in [0.2, 0.25) is 5.15 Å². The molecule has 0 radical (unpaired) electrons. The molecular weight excluding hydrogens is 426 g/mol. The first-order valence-corrected chi connectivity index (χ1v) is 9.49. The predicted octanol–water partition coefficient (Wildman–Crippen LogP) is 0.565. The first-order chi connectivity index (χ1) is 14.5. The Kier molecular flexibility index (Phi) is 7.69. The van der Waals surface area contributed by atoms with Gasteiger partial charge in [0.05, 0.1) is 0 Å². The number of nitrogens with one attached hydrogen (secondary N) is 1. The molecule has 0 bridgehead atoms. The van der Waals surface area contributed by atoms with Crippen molar-refractivity contribution in [2.45, 2.75) is 20.3 Å². The number of hydrogen-bond acceptors (Lipinski definition) is 7. The highest BCUT2D eigenvalue weighted by atomic mass is 35.5. The minimum Gasteiger partial charge on any atom is -0.350 e. The van der Waals surface area contributed by atoms with E-state index in [0.29, 0.717) is 16.6 Å². The van der Waals surface area contributed by atoms with Gasteiger partial charge in [-0.15, -0.1) is 0 Å². The van der Waals surface area contributed by atoms with E-state index >= 15 is 0 Å². The van der Waals surface area contributed by atoms with Crippen molar-refractivity contribution in [1.82, 2.24) is 15.3 Å². The molecule has 166 valence electrons. The number of benzene rings is 1. The smallest absolute Gasteiger partial charge is 0.335 e. The second-order valence-corrected chi connectivity index (χ2v) is 7.23. The minimum atomic E-state index is -1.13. The molecule has 0 aliphatic carbocycles. The number of hydrogen-bond donors (Lipinski definition) is 5. The molecule has 0 fully saturated rings. The lowest BCUT2D eigenvalue weighted by atomic mass is 9.97. The molecule has 13 heteroatoms. The number of nitrogens with two attached hydrogens (primary N) is 4. The van der Waals surface area contributed by atoms with Gasteiger partial charge in [-0.25, -0.2) is 41.3 Å². The summed E-state index contributed by atoms with van der Waals surface area (Å²) in [5, 5.41) is 3.07. The van der Waals surface area contributed by atoms with Gasteiger partial charge in [0.2, 0.25) is 0 Å². The molecule has 5 amide bonds. The Hall–Kier alpha value is -3.48. The molecule has 12 nitrogen and oxygen atoms in total. The zero-order valence-corrected chi connectivity index (χ0v) is 17.8. The van der Waals surface area contributed by atoms with E-state index < -0.39 is 34.8 Å². The highest BCUT2D eigenvalue weighted by molar-refractivity contribution is 6.32.